The minimum atomic E-state index is 0.563. The maximum Gasteiger partial charge on any atom is 0.211 e. The van der Waals surface area contributed by atoms with E-state index in [0.29, 0.717) is 11.3 Å². The van der Waals surface area contributed by atoms with Crippen molar-refractivity contribution in [2.24, 2.45) is 0 Å². The van der Waals surface area contributed by atoms with E-state index in [1.54, 1.807) is 22.2 Å². The van der Waals surface area contributed by atoms with Crippen molar-refractivity contribution in [2.75, 3.05) is 0 Å². The zero-order valence-corrected chi connectivity index (χ0v) is 13.2. The molecule has 0 unspecified atom stereocenters. The fourth-order valence-electron chi connectivity index (χ4n) is 2.47. The van der Waals surface area contributed by atoms with Gasteiger partial charge in [-0.25, -0.2) is 9.67 Å². The van der Waals surface area contributed by atoms with Crippen LogP contribution in [0.4, 0.5) is 0 Å². The van der Waals surface area contributed by atoms with Crippen molar-refractivity contribution in [2.45, 2.75) is 6.92 Å². The molecule has 0 aliphatic carbocycles. The standard InChI is InChI=1S/C18H13N3OS/c1-12-6-8-13(9-7-12)17-14(11-22)10-21(20-17)18-19-15-4-2-3-5-16(15)23-18/h2-11H,1H3. The van der Waals surface area contributed by atoms with Gasteiger partial charge in [0, 0.05) is 11.8 Å². The summed E-state index contributed by atoms with van der Waals surface area (Å²) in [5.74, 6) is 0. The highest BCUT2D eigenvalue weighted by atomic mass is 32.1. The van der Waals surface area contributed by atoms with Gasteiger partial charge in [0.15, 0.2) is 6.29 Å². The van der Waals surface area contributed by atoms with Crippen molar-refractivity contribution in [1.29, 1.82) is 0 Å². The molecule has 0 amide bonds. The van der Waals surface area contributed by atoms with Crippen molar-refractivity contribution in [3.63, 3.8) is 0 Å². The van der Waals surface area contributed by atoms with Gasteiger partial charge in [0.1, 0.15) is 5.69 Å². The van der Waals surface area contributed by atoms with E-state index >= 15 is 0 Å². The summed E-state index contributed by atoms with van der Waals surface area (Å²) in [6.45, 7) is 2.03. The number of aldehydes is 1. The van der Waals surface area contributed by atoms with Gasteiger partial charge in [0.25, 0.3) is 0 Å². The second-order valence-corrected chi connectivity index (χ2v) is 6.33. The van der Waals surface area contributed by atoms with Crippen LogP contribution in [0.1, 0.15) is 15.9 Å². The maximum absolute atomic E-state index is 11.4. The van der Waals surface area contributed by atoms with E-state index in [1.807, 2.05) is 55.5 Å². The van der Waals surface area contributed by atoms with E-state index in [0.717, 1.165) is 27.2 Å². The Labute approximate surface area is 137 Å². The average molecular weight is 319 g/mol. The monoisotopic (exact) mass is 319 g/mol. The molecule has 2 aromatic heterocycles. The van der Waals surface area contributed by atoms with Crippen LogP contribution >= 0.6 is 11.3 Å². The molecule has 0 N–H and O–H groups in total. The number of thiazole rings is 1. The first kappa shape index (κ1) is 13.8. The molecule has 5 heteroatoms. The largest absolute Gasteiger partial charge is 0.298 e. The van der Waals surface area contributed by atoms with Crippen LogP contribution in [0.5, 0.6) is 0 Å². The molecule has 2 aromatic carbocycles. The predicted octanol–water partition coefficient (Wildman–Crippen LogP) is 4.27. The van der Waals surface area contributed by atoms with Gasteiger partial charge in [-0.2, -0.15) is 5.10 Å². The third-order valence-corrected chi connectivity index (χ3v) is 4.70. The van der Waals surface area contributed by atoms with Crippen molar-refractivity contribution in [3.05, 3.63) is 65.9 Å². The smallest absolute Gasteiger partial charge is 0.211 e. The number of aromatic nitrogens is 3. The Balaban J connectivity index is 1.84. The molecule has 0 radical (unpaired) electrons. The van der Waals surface area contributed by atoms with Crippen molar-refractivity contribution in [3.8, 4) is 16.4 Å². The Hall–Kier alpha value is -2.79. The zero-order valence-electron chi connectivity index (χ0n) is 12.4. The summed E-state index contributed by atoms with van der Waals surface area (Å²) in [5, 5.41) is 5.34. The van der Waals surface area contributed by atoms with Crippen LogP contribution in [0, 0.1) is 6.92 Å². The highest BCUT2D eigenvalue weighted by Crippen LogP contribution is 2.27. The van der Waals surface area contributed by atoms with Crippen LogP contribution in [0.25, 0.3) is 26.6 Å². The van der Waals surface area contributed by atoms with E-state index in [4.69, 9.17) is 0 Å². The number of aryl methyl sites for hydroxylation is 1. The Morgan fingerprint density at radius 2 is 1.87 bits per heavy atom. The van der Waals surface area contributed by atoms with E-state index in [1.165, 1.54) is 5.56 Å². The molecule has 2 heterocycles. The molecule has 0 atom stereocenters. The molecule has 0 saturated carbocycles. The molecule has 0 aliphatic rings. The predicted molar refractivity (Wildman–Crippen MR) is 92.3 cm³/mol. The lowest BCUT2D eigenvalue weighted by atomic mass is 10.1. The minimum Gasteiger partial charge on any atom is -0.298 e. The van der Waals surface area contributed by atoms with Crippen LogP contribution in [-0.2, 0) is 0 Å². The third-order valence-electron chi connectivity index (χ3n) is 3.67. The van der Waals surface area contributed by atoms with Crippen LogP contribution in [-0.4, -0.2) is 21.1 Å². The van der Waals surface area contributed by atoms with Crippen LogP contribution in [0.3, 0.4) is 0 Å². The number of rotatable bonds is 3. The normalized spacial score (nSPS) is 11.0. The number of hydrogen-bond donors (Lipinski definition) is 0. The highest BCUT2D eigenvalue weighted by molar-refractivity contribution is 7.20. The van der Waals surface area contributed by atoms with Crippen LogP contribution in [0.15, 0.2) is 54.7 Å². The summed E-state index contributed by atoms with van der Waals surface area (Å²) in [6, 6.07) is 15.9. The topological polar surface area (TPSA) is 47.8 Å². The maximum atomic E-state index is 11.4. The quantitative estimate of drug-likeness (QED) is 0.530. The molecule has 0 fully saturated rings. The Bertz CT molecular complexity index is 966. The van der Waals surface area contributed by atoms with Crippen molar-refractivity contribution < 1.29 is 4.79 Å². The first-order valence-corrected chi connectivity index (χ1v) is 8.04. The van der Waals surface area contributed by atoms with Gasteiger partial charge in [-0.15, -0.1) is 0 Å². The second kappa shape index (κ2) is 5.44. The number of nitrogens with zero attached hydrogens (tertiary/aromatic N) is 3. The fraction of sp³-hybridized carbons (Fsp3) is 0.0556. The molecule has 4 nitrogen and oxygen atoms in total. The van der Waals surface area contributed by atoms with Gasteiger partial charge in [0.2, 0.25) is 5.13 Å². The number of benzene rings is 2. The number of carbonyl (C=O) groups is 1. The summed E-state index contributed by atoms with van der Waals surface area (Å²) in [5.41, 5.74) is 4.28. The summed E-state index contributed by atoms with van der Waals surface area (Å²) < 4.78 is 2.78. The van der Waals surface area contributed by atoms with E-state index in [-0.39, 0.29) is 0 Å². The number of carbonyl (C=O) groups excluding carboxylic acids is 1. The first-order valence-electron chi connectivity index (χ1n) is 7.22. The molecule has 4 aromatic rings. The van der Waals surface area contributed by atoms with Crippen LogP contribution in [0.2, 0.25) is 0 Å². The first-order chi connectivity index (χ1) is 11.2. The number of fused-ring (bicyclic) bond motifs is 1. The molecule has 0 spiro atoms. The van der Waals surface area contributed by atoms with Gasteiger partial charge < -0.3 is 0 Å². The fourth-order valence-corrected chi connectivity index (χ4v) is 3.36. The Morgan fingerprint density at radius 1 is 1.09 bits per heavy atom. The molecule has 4 rings (SSSR count). The summed E-state index contributed by atoms with van der Waals surface area (Å²) in [7, 11) is 0. The third kappa shape index (κ3) is 2.45. The highest BCUT2D eigenvalue weighted by Gasteiger charge is 2.14. The summed E-state index contributed by atoms with van der Waals surface area (Å²) in [6.07, 6.45) is 2.58. The van der Waals surface area contributed by atoms with Crippen molar-refractivity contribution in [1.82, 2.24) is 14.8 Å². The van der Waals surface area contributed by atoms with E-state index in [2.05, 4.69) is 10.1 Å². The van der Waals surface area contributed by atoms with Gasteiger partial charge in [-0.1, -0.05) is 53.3 Å². The molecular weight excluding hydrogens is 306 g/mol. The molecule has 0 saturated heterocycles. The van der Waals surface area contributed by atoms with Gasteiger partial charge in [-0.05, 0) is 19.1 Å². The lowest BCUT2D eigenvalue weighted by Gasteiger charge is -1.98. The van der Waals surface area contributed by atoms with Gasteiger partial charge in [-0.3, -0.25) is 4.79 Å². The summed E-state index contributed by atoms with van der Waals surface area (Å²) >= 11 is 1.55. The average Bonchev–Trinajstić information content (AvgIpc) is 3.19. The van der Waals surface area contributed by atoms with E-state index < -0.39 is 0 Å². The minimum absolute atomic E-state index is 0.563. The zero-order chi connectivity index (χ0) is 15.8. The Morgan fingerprint density at radius 3 is 2.61 bits per heavy atom. The SMILES string of the molecule is Cc1ccc(-c2nn(-c3nc4ccccc4s3)cc2C=O)cc1. The number of hydrogen-bond acceptors (Lipinski definition) is 4. The Kier molecular flexibility index (Phi) is 3.28. The molecule has 0 bridgehead atoms. The summed E-state index contributed by atoms with van der Waals surface area (Å²) in [4.78, 5) is 16.0. The second-order valence-electron chi connectivity index (χ2n) is 5.33. The number of para-hydroxylation sites is 1. The molecule has 112 valence electrons. The lowest BCUT2D eigenvalue weighted by Crippen LogP contribution is -1.93. The van der Waals surface area contributed by atoms with Crippen molar-refractivity contribution >= 4 is 27.8 Å². The molecular formula is C18H13N3OS. The van der Waals surface area contributed by atoms with E-state index in [9.17, 15) is 4.79 Å². The molecule has 0 aliphatic heterocycles. The molecule has 23 heavy (non-hydrogen) atoms. The van der Waals surface area contributed by atoms with Gasteiger partial charge in [0.05, 0.1) is 15.8 Å². The van der Waals surface area contributed by atoms with Gasteiger partial charge >= 0.3 is 0 Å². The van der Waals surface area contributed by atoms with Crippen LogP contribution < -0.4 is 0 Å². The lowest BCUT2D eigenvalue weighted by molar-refractivity contribution is 0.112.